The number of carbonyl (C=O) groups is 1. The van der Waals surface area contributed by atoms with E-state index in [0.29, 0.717) is 0 Å². The van der Waals surface area contributed by atoms with Crippen LogP contribution in [0, 0.1) is 0 Å². The molecule has 1 aliphatic heterocycles. The number of quaternary nitrogens is 1. The number of carbonyl (C=O) groups excluding carboxylic acids is 1. The first-order valence-electron chi connectivity index (χ1n) is 8.02. The van der Waals surface area contributed by atoms with Crippen LogP contribution >= 0.6 is 11.3 Å². The zero-order valence-corrected chi connectivity index (χ0v) is 14.2. The maximum atomic E-state index is 12.0. The topological polar surface area (TPSA) is 37.6 Å². The first-order valence-corrected chi connectivity index (χ1v) is 8.84. The Morgan fingerprint density at radius 3 is 2.83 bits per heavy atom. The summed E-state index contributed by atoms with van der Waals surface area (Å²) < 4.78 is 1.25. The van der Waals surface area contributed by atoms with Gasteiger partial charge in [0, 0.05) is 6.08 Å². The Morgan fingerprint density at radius 1 is 1.30 bits per heavy atom. The van der Waals surface area contributed by atoms with E-state index in [-0.39, 0.29) is 5.91 Å². The first kappa shape index (κ1) is 15.9. The molecule has 2 heterocycles. The van der Waals surface area contributed by atoms with Gasteiger partial charge in [0.05, 0.1) is 36.4 Å². The minimum absolute atomic E-state index is 0.113. The molecule has 0 unspecified atom stereocenters. The number of rotatable bonds is 4. The molecule has 1 fully saturated rings. The van der Waals surface area contributed by atoms with Crippen LogP contribution in [-0.4, -0.2) is 42.0 Å². The van der Waals surface area contributed by atoms with E-state index in [1.54, 1.807) is 17.4 Å². The molecule has 120 valence electrons. The monoisotopic (exact) mass is 328 g/mol. The summed E-state index contributed by atoms with van der Waals surface area (Å²) in [4.78, 5) is 20.2. The quantitative estimate of drug-likeness (QED) is 0.685. The Labute approximate surface area is 140 Å². The van der Waals surface area contributed by atoms with Gasteiger partial charge < -0.3 is 9.80 Å². The third-order valence-electron chi connectivity index (χ3n) is 4.06. The largest absolute Gasteiger partial charge is 0.328 e. The van der Waals surface area contributed by atoms with Crippen molar-refractivity contribution < 1.29 is 9.69 Å². The fourth-order valence-corrected chi connectivity index (χ4v) is 3.82. The van der Waals surface area contributed by atoms with Crippen molar-refractivity contribution in [3.63, 3.8) is 0 Å². The summed E-state index contributed by atoms with van der Waals surface area (Å²) in [6.45, 7) is 6.51. The van der Waals surface area contributed by atoms with Crippen LogP contribution in [0.4, 0.5) is 0 Å². The van der Waals surface area contributed by atoms with Gasteiger partial charge in [0.1, 0.15) is 11.6 Å². The van der Waals surface area contributed by atoms with Gasteiger partial charge in [0.25, 0.3) is 0 Å². The van der Waals surface area contributed by atoms with E-state index in [1.807, 2.05) is 36.1 Å². The van der Waals surface area contributed by atoms with Gasteiger partial charge >= 0.3 is 0 Å². The Bertz CT molecular complexity index is 694. The second kappa shape index (κ2) is 7.53. The average Bonchev–Trinajstić information content (AvgIpc) is 2.98. The molecule has 0 saturated carbocycles. The molecule has 0 bridgehead atoms. The highest BCUT2D eigenvalue weighted by molar-refractivity contribution is 7.18. The number of amides is 1. The molecule has 0 spiro atoms. The van der Waals surface area contributed by atoms with Gasteiger partial charge in [-0.15, -0.1) is 11.3 Å². The van der Waals surface area contributed by atoms with Crippen LogP contribution in [0.15, 0.2) is 48.6 Å². The molecule has 0 atom stereocenters. The number of allylic oxidation sites excluding steroid dienone is 3. The van der Waals surface area contributed by atoms with Crippen molar-refractivity contribution in [2.45, 2.75) is 13.5 Å². The van der Waals surface area contributed by atoms with Gasteiger partial charge in [-0.05, 0) is 19.1 Å². The minimum Gasteiger partial charge on any atom is -0.328 e. The van der Waals surface area contributed by atoms with Gasteiger partial charge in [-0.1, -0.05) is 30.4 Å². The van der Waals surface area contributed by atoms with E-state index < -0.39 is 0 Å². The average molecular weight is 328 g/mol. The van der Waals surface area contributed by atoms with Crippen molar-refractivity contribution >= 4 is 27.5 Å². The van der Waals surface area contributed by atoms with Gasteiger partial charge in [-0.25, -0.2) is 4.98 Å². The molecule has 1 aromatic heterocycles. The van der Waals surface area contributed by atoms with Gasteiger partial charge in [-0.3, -0.25) is 4.79 Å². The van der Waals surface area contributed by atoms with E-state index in [0.717, 1.165) is 38.2 Å². The summed E-state index contributed by atoms with van der Waals surface area (Å²) in [6, 6.07) is 8.28. The molecule has 0 aliphatic carbocycles. The van der Waals surface area contributed by atoms with E-state index in [9.17, 15) is 4.79 Å². The van der Waals surface area contributed by atoms with E-state index >= 15 is 0 Å². The number of hydrogen-bond acceptors (Lipinski definition) is 3. The molecule has 5 heteroatoms. The molecular formula is C18H22N3OS+. The molecular weight excluding hydrogens is 306 g/mol. The Kier molecular flexibility index (Phi) is 5.20. The van der Waals surface area contributed by atoms with Crippen LogP contribution in [0.25, 0.3) is 10.2 Å². The molecule has 23 heavy (non-hydrogen) atoms. The number of fused-ring (bicyclic) bond motifs is 1. The highest BCUT2D eigenvalue weighted by Gasteiger charge is 2.23. The predicted molar refractivity (Wildman–Crippen MR) is 94.6 cm³/mol. The number of thiazole rings is 1. The lowest BCUT2D eigenvalue weighted by molar-refractivity contribution is -0.917. The van der Waals surface area contributed by atoms with Crippen LogP contribution in [-0.2, 0) is 11.3 Å². The second-order valence-electron chi connectivity index (χ2n) is 5.71. The zero-order valence-electron chi connectivity index (χ0n) is 13.4. The minimum atomic E-state index is 0.113. The first-order chi connectivity index (χ1) is 11.3. The molecule has 1 N–H and O–H groups in total. The summed E-state index contributed by atoms with van der Waals surface area (Å²) in [5.74, 6) is 0.113. The fourth-order valence-electron chi connectivity index (χ4n) is 2.78. The van der Waals surface area contributed by atoms with Crippen molar-refractivity contribution in [2.24, 2.45) is 0 Å². The smallest absolute Gasteiger partial charge is 0.246 e. The van der Waals surface area contributed by atoms with Crippen LogP contribution in [0.1, 0.15) is 11.9 Å². The third-order valence-corrected chi connectivity index (χ3v) is 5.10. The van der Waals surface area contributed by atoms with Crippen LogP contribution < -0.4 is 4.90 Å². The van der Waals surface area contributed by atoms with Crippen LogP contribution in [0.5, 0.6) is 0 Å². The van der Waals surface area contributed by atoms with Crippen LogP contribution in [0.3, 0.4) is 0 Å². The molecule has 2 aromatic rings. The molecule has 1 aromatic carbocycles. The summed E-state index contributed by atoms with van der Waals surface area (Å²) in [6.07, 6.45) is 7.26. The maximum absolute atomic E-state index is 12.0. The number of hydrogen-bond donors (Lipinski definition) is 1. The van der Waals surface area contributed by atoms with Gasteiger partial charge in [0.2, 0.25) is 5.91 Å². The van der Waals surface area contributed by atoms with Gasteiger partial charge in [0.15, 0.2) is 0 Å². The molecule has 1 saturated heterocycles. The Morgan fingerprint density at radius 2 is 2.09 bits per heavy atom. The lowest BCUT2D eigenvalue weighted by Crippen LogP contribution is -3.13. The van der Waals surface area contributed by atoms with E-state index in [4.69, 9.17) is 4.98 Å². The molecule has 4 nitrogen and oxygen atoms in total. The number of aromatic nitrogens is 1. The molecule has 0 radical (unpaired) electrons. The lowest BCUT2D eigenvalue weighted by Gasteiger charge is -2.31. The molecule has 3 rings (SSSR count). The molecule has 1 aliphatic rings. The standard InChI is InChI=1S/C18H21N3OS/c1-2-3-4-9-18(22)21-12-10-20(11-13-21)14-17-19-15-7-5-6-8-16(15)23-17/h2-9H,10-14H2,1H3/p+1/b3-2+,9-4+. The van der Waals surface area contributed by atoms with Gasteiger partial charge in [-0.2, -0.15) is 0 Å². The van der Waals surface area contributed by atoms with E-state index in [1.165, 1.54) is 14.6 Å². The zero-order chi connectivity index (χ0) is 16.1. The number of benzene rings is 1. The Balaban J connectivity index is 1.53. The highest BCUT2D eigenvalue weighted by Crippen LogP contribution is 2.20. The summed E-state index contributed by atoms with van der Waals surface area (Å²) in [7, 11) is 0. The SMILES string of the molecule is C/C=C/C=C/C(=O)N1CC[NH+](Cc2nc3ccccc3s2)CC1. The summed E-state index contributed by atoms with van der Waals surface area (Å²) >= 11 is 1.78. The molecule has 1 amide bonds. The Hall–Kier alpha value is -1.98. The fraction of sp³-hybridized carbons (Fsp3) is 0.333. The number of piperazine rings is 1. The van der Waals surface area contributed by atoms with Crippen molar-refractivity contribution in [3.8, 4) is 0 Å². The highest BCUT2D eigenvalue weighted by atomic mass is 32.1. The van der Waals surface area contributed by atoms with E-state index in [2.05, 4.69) is 18.2 Å². The van der Waals surface area contributed by atoms with Crippen molar-refractivity contribution in [3.05, 3.63) is 53.6 Å². The predicted octanol–water partition coefficient (Wildman–Crippen LogP) is 1.66. The lowest BCUT2D eigenvalue weighted by atomic mass is 10.3. The second-order valence-corrected chi connectivity index (χ2v) is 6.83. The van der Waals surface area contributed by atoms with Crippen molar-refractivity contribution in [2.75, 3.05) is 26.2 Å². The summed E-state index contributed by atoms with van der Waals surface area (Å²) in [5.41, 5.74) is 1.09. The van der Waals surface area contributed by atoms with Crippen molar-refractivity contribution in [1.82, 2.24) is 9.88 Å². The maximum Gasteiger partial charge on any atom is 0.246 e. The van der Waals surface area contributed by atoms with Crippen molar-refractivity contribution in [1.29, 1.82) is 0 Å². The normalized spacial score (nSPS) is 16.8. The number of para-hydroxylation sites is 1. The third kappa shape index (κ3) is 4.06. The number of nitrogens with zero attached hydrogens (tertiary/aromatic N) is 2. The summed E-state index contributed by atoms with van der Waals surface area (Å²) in [5, 5.41) is 1.19. The number of nitrogens with one attached hydrogen (secondary N) is 1. The van der Waals surface area contributed by atoms with Crippen LogP contribution in [0.2, 0.25) is 0 Å².